The molecule has 2 saturated heterocycles. The number of likely N-dealkylation sites (tertiary alicyclic amines) is 1. The van der Waals surface area contributed by atoms with E-state index in [0.717, 1.165) is 57.4 Å². The first-order chi connectivity index (χ1) is 15.3. The summed E-state index contributed by atoms with van der Waals surface area (Å²) >= 11 is 0. The maximum atomic E-state index is 13.1. The number of rotatable bonds is 5. The number of hydrogen-bond donors (Lipinski definition) is 0. The van der Waals surface area contributed by atoms with Crippen LogP contribution < -0.4 is 4.90 Å². The van der Waals surface area contributed by atoms with E-state index in [0.29, 0.717) is 23.7 Å². The number of carbonyl (C=O) groups excluding carboxylic acids is 1. The Morgan fingerprint density at radius 1 is 0.903 bits per heavy atom. The van der Waals surface area contributed by atoms with Crippen molar-refractivity contribution < 1.29 is 9.21 Å². The van der Waals surface area contributed by atoms with E-state index in [1.165, 1.54) is 5.56 Å². The zero-order chi connectivity index (χ0) is 21.0. The fourth-order valence-electron chi connectivity index (χ4n) is 4.76. The molecule has 0 saturated carbocycles. The third kappa shape index (κ3) is 4.48. The normalized spacial score (nSPS) is 19.7. The Bertz CT molecular complexity index is 997. The summed E-state index contributed by atoms with van der Waals surface area (Å²) in [7, 11) is 0. The van der Waals surface area contributed by atoms with Crippen molar-refractivity contribution in [2.24, 2.45) is 11.8 Å². The highest BCUT2D eigenvalue weighted by Crippen LogP contribution is 2.29. The van der Waals surface area contributed by atoms with Gasteiger partial charge >= 0.3 is 6.01 Å². The Morgan fingerprint density at radius 3 is 2.35 bits per heavy atom. The van der Waals surface area contributed by atoms with Crippen LogP contribution in [0.25, 0.3) is 11.5 Å². The number of benzene rings is 2. The van der Waals surface area contributed by atoms with E-state index in [1.807, 2.05) is 30.3 Å². The number of carbonyl (C=O) groups is 1. The molecular weight excluding hydrogens is 388 g/mol. The Labute approximate surface area is 182 Å². The molecule has 0 N–H and O–H groups in total. The molecule has 1 atom stereocenters. The fraction of sp³-hybridized carbons (Fsp3) is 0.400. The molecule has 1 unspecified atom stereocenters. The van der Waals surface area contributed by atoms with Crippen LogP contribution in [0.15, 0.2) is 65.1 Å². The summed E-state index contributed by atoms with van der Waals surface area (Å²) in [6, 6.07) is 20.9. The van der Waals surface area contributed by atoms with Crippen molar-refractivity contribution in [3.05, 3.63) is 66.2 Å². The summed E-state index contributed by atoms with van der Waals surface area (Å²) in [6.45, 7) is 3.32. The van der Waals surface area contributed by atoms with Crippen LogP contribution in [0.4, 0.5) is 6.01 Å². The van der Waals surface area contributed by atoms with Crippen molar-refractivity contribution >= 4 is 11.9 Å². The Morgan fingerprint density at radius 2 is 1.61 bits per heavy atom. The molecule has 0 aliphatic carbocycles. The minimum atomic E-state index is 0.100. The second-order valence-electron chi connectivity index (χ2n) is 8.65. The fourth-order valence-corrected chi connectivity index (χ4v) is 4.76. The molecule has 5 rings (SSSR count). The van der Waals surface area contributed by atoms with Gasteiger partial charge in [-0.15, -0.1) is 5.10 Å². The lowest BCUT2D eigenvalue weighted by Gasteiger charge is -2.32. The van der Waals surface area contributed by atoms with Crippen LogP contribution in [0.5, 0.6) is 0 Å². The van der Waals surface area contributed by atoms with Gasteiger partial charge in [0.15, 0.2) is 0 Å². The molecule has 2 aliphatic heterocycles. The van der Waals surface area contributed by atoms with Gasteiger partial charge in [-0.05, 0) is 49.3 Å². The number of aromatic nitrogens is 2. The monoisotopic (exact) mass is 416 g/mol. The van der Waals surface area contributed by atoms with Gasteiger partial charge in [0.25, 0.3) is 0 Å². The van der Waals surface area contributed by atoms with Gasteiger partial charge in [0, 0.05) is 37.7 Å². The van der Waals surface area contributed by atoms with Crippen LogP contribution in [0.3, 0.4) is 0 Å². The highest BCUT2D eigenvalue weighted by Gasteiger charge is 2.33. The summed E-state index contributed by atoms with van der Waals surface area (Å²) in [5, 5.41) is 8.42. The average Bonchev–Trinajstić information content (AvgIpc) is 3.50. The minimum Gasteiger partial charge on any atom is -0.403 e. The largest absolute Gasteiger partial charge is 0.403 e. The highest BCUT2D eigenvalue weighted by atomic mass is 16.4. The number of hydrogen-bond acceptors (Lipinski definition) is 5. The molecule has 2 fully saturated rings. The standard InChI is InChI=1S/C25H28N4O2/c30-24(29-14-11-20(18-29)17-19-7-3-1-4-8-19)22-12-15-28(16-13-22)25-27-26-23(31-25)21-9-5-2-6-10-21/h1-10,20,22H,11-18H2. The van der Waals surface area contributed by atoms with Crippen molar-refractivity contribution in [3.8, 4) is 11.5 Å². The molecule has 1 amide bonds. The van der Waals surface area contributed by atoms with Gasteiger partial charge in [0.2, 0.25) is 11.8 Å². The number of anilines is 1. The summed E-state index contributed by atoms with van der Waals surface area (Å²) in [5.74, 6) is 1.53. The van der Waals surface area contributed by atoms with E-state index >= 15 is 0 Å². The number of amides is 1. The molecule has 31 heavy (non-hydrogen) atoms. The lowest BCUT2D eigenvalue weighted by atomic mass is 9.95. The Balaban J connectivity index is 1.13. The van der Waals surface area contributed by atoms with Crippen molar-refractivity contribution in [3.63, 3.8) is 0 Å². The molecule has 1 aromatic heterocycles. The van der Waals surface area contributed by atoms with Crippen molar-refractivity contribution in [2.45, 2.75) is 25.7 Å². The second-order valence-corrected chi connectivity index (χ2v) is 8.65. The molecule has 0 spiro atoms. The van der Waals surface area contributed by atoms with Crippen LogP contribution in [0.1, 0.15) is 24.8 Å². The zero-order valence-electron chi connectivity index (χ0n) is 17.7. The van der Waals surface area contributed by atoms with Crippen LogP contribution in [0, 0.1) is 11.8 Å². The van der Waals surface area contributed by atoms with E-state index in [-0.39, 0.29) is 5.92 Å². The maximum absolute atomic E-state index is 13.1. The number of nitrogens with zero attached hydrogens (tertiary/aromatic N) is 4. The van der Waals surface area contributed by atoms with Gasteiger partial charge < -0.3 is 14.2 Å². The van der Waals surface area contributed by atoms with E-state index < -0.39 is 0 Å². The molecule has 2 aliphatic rings. The quantitative estimate of drug-likeness (QED) is 0.628. The summed E-state index contributed by atoms with van der Waals surface area (Å²) in [6.07, 6.45) is 3.83. The smallest absolute Gasteiger partial charge is 0.318 e. The van der Waals surface area contributed by atoms with E-state index in [2.05, 4.69) is 50.3 Å². The van der Waals surface area contributed by atoms with Gasteiger partial charge in [0.1, 0.15) is 0 Å². The summed E-state index contributed by atoms with van der Waals surface area (Å²) in [4.78, 5) is 17.3. The maximum Gasteiger partial charge on any atom is 0.318 e. The van der Waals surface area contributed by atoms with Gasteiger partial charge in [-0.25, -0.2) is 0 Å². The van der Waals surface area contributed by atoms with E-state index in [9.17, 15) is 4.79 Å². The average molecular weight is 417 g/mol. The van der Waals surface area contributed by atoms with Crippen molar-refractivity contribution in [1.29, 1.82) is 0 Å². The molecule has 6 heteroatoms. The first-order valence-electron chi connectivity index (χ1n) is 11.2. The second kappa shape index (κ2) is 8.92. The molecule has 3 heterocycles. The van der Waals surface area contributed by atoms with Crippen LogP contribution in [0.2, 0.25) is 0 Å². The molecule has 2 aromatic carbocycles. The van der Waals surface area contributed by atoms with Gasteiger partial charge in [-0.2, -0.15) is 0 Å². The summed E-state index contributed by atoms with van der Waals surface area (Å²) in [5.41, 5.74) is 2.29. The minimum absolute atomic E-state index is 0.100. The highest BCUT2D eigenvalue weighted by molar-refractivity contribution is 5.79. The van der Waals surface area contributed by atoms with Gasteiger partial charge in [0.05, 0.1) is 0 Å². The third-order valence-electron chi connectivity index (χ3n) is 6.51. The van der Waals surface area contributed by atoms with Crippen LogP contribution in [-0.2, 0) is 11.2 Å². The number of piperidine rings is 1. The lowest BCUT2D eigenvalue weighted by Crippen LogP contribution is -2.42. The van der Waals surface area contributed by atoms with E-state index in [4.69, 9.17) is 4.42 Å². The van der Waals surface area contributed by atoms with Gasteiger partial charge in [-0.3, -0.25) is 4.79 Å². The summed E-state index contributed by atoms with van der Waals surface area (Å²) < 4.78 is 5.88. The predicted molar refractivity (Wildman–Crippen MR) is 120 cm³/mol. The molecule has 0 bridgehead atoms. The first kappa shape index (κ1) is 19.8. The van der Waals surface area contributed by atoms with Gasteiger partial charge in [-0.1, -0.05) is 53.6 Å². The SMILES string of the molecule is O=C(C1CCN(c2nnc(-c3ccccc3)o2)CC1)N1CCC(Cc2ccccc2)C1. The molecule has 160 valence electrons. The Hall–Kier alpha value is -3.15. The molecule has 6 nitrogen and oxygen atoms in total. The molecule has 3 aromatic rings. The Kier molecular flexibility index (Phi) is 5.69. The van der Waals surface area contributed by atoms with Crippen LogP contribution in [-0.4, -0.2) is 47.2 Å². The van der Waals surface area contributed by atoms with E-state index in [1.54, 1.807) is 0 Å². The zero-order valence-corrected chi connectivity index (χ0v) is 17.7. The molecular formula is C25H28N4O2. The van der Waals surface area contributed by atoms with Crippen molar-refractivity contribution in [2.75, 3.05) is 31.1 Å². The molecule has 0 radical (unpaired) electrons. The topological polar surface area (TPSA) is 62.5 Å². The van der Waals surface area contributed by atoms with Crippen LogP contribution >= 0.6 is 0 Å². The van der Waals surface area contributed by atoms with Crippen molar-refractivity contribution in [1.82, 2.24) is 15.1 Å². The first-order valence-corrected chi connectivity index (χ1v) is 11.2. The third-order valence-corrected chi connectivity index (χ3v) is 6.51. The lowest BCUT2D eigenvalue weighted by molar-refractivity contribution is -0.135. The predicted octanol–water partition coefficient (Wildman–Crippen LogP) is 4.04.